The van der Waals surface area contributed by atoms with Gasteiger partial charge in [-0.2, -0.15) is 13.2 Å². The maximum Gasteiger partial charge on any atom is 0.416 e. The number of pyridine rings is 2. The van der Waals surface area contributed by atoms with Gasteiger partial charge in [-0.25, -0.2) is 4.79 Å². The Hall–Kier alpha value is -5.61. The van der Waals surface area contributed by atoms with E-state index in [4.69, 9.17) is 0 Å². The molecule has 0 radical (unpaired) electrons. The van der Waals surface area contributed by atoms with Crippen LogP contribution in [0.1, 0.15) is 27.9 Å². The van der Waals surface area contributed by atoms with E-state index in [0.29, 0.717) is 38.2 Å². The van der Waals surface area contributed by atoms with Crippen molar-refractivity contribution in [2.24, 2.45) is 0 Å². The predicted octanol–water partition coefficient (Wildman–Crippen LogP) is 7.75. The zero-order valence-electron chi connectivity index (χ0n) is 27.3. The van der Waals surface area contributed by atoms with Gasteiger partial charge in [-0.15, -0.1) is 0 Å². The van der Waals surface area contributed by atoms with Crippen LogP contribution in [0.2, 0.25) is 0 Å². The molecule has 0 unspecified atom stereocenters. The van der Waals surface area contributed by atoms with Crippen LogP contribution < -0.4 is 0 Å². The SMILES string of the molecule is O=C(/C=C\c1ccc(C(F)(F)F)cc1)N(Cc1ccc(-c2ccccn2)cc1)C(=O)N1CCN(Cc2ccccn2)C[C@@H]1Cc1ccccc1. The molecule has 10 heteroatoms. The number of rotatable bonds is 9. The summed E-state index contributed by atoms with van der Waals surface area (Å²) in [6.07, 6.45) is 2.28. The molecule has 0 spiro atoms. The van der Waals surface area contributed by atoms with Gasteiger partial charge < -0.3 is 4.90 Å². The Bertz CT molecular complexity index is 1890. The quantitative estimate of drug-likeness (QED) is 0.150. The number of aromatic nitrogens is 2. The third-order valence-electron chi connectivity index (χ3n) is 8.65. The van der Waals surface area contributed by atoms with Gasteiger partial charge in [0.2, 0.25) is 0 Å². The highest BCUT2D eigenvalue weighted by atomic mass is 19.4. The number of benzene rings is 3. The zero-order chi connectivity index (χ0) is 34.9. The lowest BCUT2D eigenvalue weighted by molar-refractivity contribution is -0.137. The molecule has 1 aliphatic rings. The number of carbonyl (C=O) groups is 2. The van der Waals surface area contributed by atoms with Gasteiger partial charge in [0.15, 0.2) is 0 Å². The second-order valence-electron chi connectivity index (χ2n) is 12.2. The Morgan fingerprint density at radius 2 is 1.48 bits per heavy atom. The van der Waals surface area contributed by atoms with Crippen LogP contribution in [0, 0.1) is 0 Å². The number of urea groups is 1. The molecule has 1 atom stereocenters. The van der Waals surface area contributed by atoms with E-state index in [1.54, 1.807) is 17.3 Å². The van der Waals surface area contributed by atoms with Gasteiger partial charge in [0.25, 0.3) is 5.91 Å². The molecule has 5 aromatic rings. The van der Waals surface area contributed by atoms with Crippen LogP contribution in [-0.2, 0) is 30.5 Å². The Kier molecular flexibility index (Phi) is 10.8. The van der Waals surface area contributed by atoms with Crippen LogP contribution in [-0.4, -0.2) is 62.3 Å². The first-order chi connectivity index (χ1) is 24.2. The van der Waals surface area contributed by atoms with Crippen molar-refractivity contribution in [3.63, 3.8) is 0 Å². The van der Waals surface area contributed by atoms with Gasteiger partial charge in [-0.3, -0.25) is 24.6 Å². The smallest absolute Gasteiger partial charge is 0.318 e. The lowest BCUT2D eigenvalue weighted by Gasteiger charge is -2.43. The Morgan fingerprint density at radius 1 is 0.780 bits per heavy atom. The van der Waals surface area contributed by atoms with Gasteiger partial charge in [0, 0.05) is 50.2 Å². The van der Waals surface area contributed by atoms with Crippen molar-refractivity contribution in [3.8, 4) is 11.3 Å². The zero-order valence-corrected chi connectivity index (χ0v) is 27.3. The van der Waals surface area contributed by atoms with Gasteiger partial charge >= 0.3 is 12.2 Å². The normalized spacial score (nSPS) is 15.3. The molecule has 50 heavy (non-hydrogen) atoms. The van der Waals surface area contributed by atoms with E-state index in [2.05, 4.69) is 14.9 Å². The molecular weight excluding hydrogens is 639 g/mol. The molecule has 3 amide bonds. The van der Waals surface area contributed by atoms with Gasteiger partial charge in [-0.1, -0.05) is 78.9 Å². The van der Waals surface area contributed by atoms with Crippen LogP contribution in [0.4, 0.5) is 18.0 Å². The fourth-order valence-corrected chi connectivity index (χ4v) is 6.03. The lowest BCUT2D eigenvalue weighted by Crippen LogP contribution is -2.59. The highest BCUT2D eigenvalue weighted by Gasteiger charge is 2.35. The fourth-order valence-electron chi connectivity index (χ4n) is 6.03. The van der Waals surface area contributed by atoms with E-state index < -0.39 is 23.7 Å². The number of nitrogens with zero attached hydrogens (tertiary/aromatic N) is 5. The highest BCUT2D eigenvalue weighted by Crippen LogP contribution is 2.29. The number of hydrogen-bond acceptors (Lipinski definition) is 5. The summed E-state index contributed by atoms with van der Waals surface area (Å²) in [6.45, 7) is 2.21. The molecular formula is C40H36F3N5O2. The Labute approximate surface area is 289 Å². The van der Waals surface area contributed by atoms with Crippen LogP contribution in [0.15, 0.2) is 134 Å². The third-order valence-corrected chi connectivity index (χ3v) is 8.65. The third kappa shape index (κ3) is 8.89. The number of imide groups is 1. The number of piperazine rings is 1. The van der Waals surface area contributed by atoms with E-state index in [0.717, 1.165) is 40.2 Å². The molecule has 0 bridgehead atoms. The number of amides is 3. The van der Waals surface area contributed by atoms with Gasteiger partial charge in [-0.05, 0) is 65.6 Å². The molecule has 2 aromatic heterocycles. The second kappa shape index (κ2) is 15.7. The van der Waals surface area contributed by atoms with E-state index in [1.807, 2.05) is 91.0 Å². The molecule has 3 aromatic carbocycles. The lowest BCUT2D eigenvalue weighted by atomic mass is 10.0. The summed E-state index contributed by atoms with van der Waals surface area (Å²) in [5.41, 5.74) is 4.07. The Morgan fingerprint density at radius 3 is 2.14 bits per heavy atom. The van der Waals surface area contributed by atoms with Crippen molar-refractivity contribution < 1.29 is 22.8 Å². The molecule has 7 nitrogen and oxygen atoms in total. The minimum Gasteiger partial charge on any atom is -0.318 e. The number of halogens is 3. The average molecular weight is 676 g/mol. The van der Waals surface area contributed by atoms with Gasteiger partial charge in [0.1, 0.15) is 0 Å². The number of alkyl halides is 3. The molecule has 0 aliphatic carbocycles. The minimum absolute atomic E-state index is 0.00369. The molecule has 1 saturated heterocycles. The van der Waals surface area contributed by atoms with Crippen molar-refractivity contribution in [2.75, 3.05) is 19.6 Å². The molecule has 1 aliphatic heterocycles. The van der Waals surface area contributed by atoms with E-state index >= 15 is 0 Å². The Balaban J connectivity index is 1.27. The van der Waals surface area contributed by atoms with E-state index in [1.165, 1.54) is 29.2 Å². The van der Waals surface area contributed by atoms with Crippen LogP contribution in [0.3, 0.4) is 0 Å². The first-order valence-electron chi connectivity index (χ1n) is 16.4. The summed E-state index contributed by atoms with van der Waals surface area (Å²) in [7, 11) is 0. The topological polar surface area (TPSA) is 69.6 Å². The first-order valence-corrected chi connectivity index (χ1v) is 16.4. The average Bonchev–Trinajstić information content (AvgIpc) is 3.14. The maximum absolute atomic E-state index is 14.5. The van der Waals surface area contributed by atoms with Crippen LogP contribution in [0.25, 0.3) is 17.3 Å². The molecule has 0 saturated carbocycles. The number of carbonyl (C=O) groups excluding carboxylic acids is 2. The maximum atomic E-state index is 14.5. The molecule has 0 N–H and O–H groups in total. The summed E-state index contributed by atoms with van der Waals surface area (Å²) in [6, 6.07) is 32.8. The fraction of sp³-hybridized carbons (Fsp3) is 0.200. The summed E-state index contributed by atoms with van der Waals surface area (Å²) in [4.78, 5) is 42.5. The summed E-state index contributed by atoms with van der Waals surface area (Å²) in [5, 5.41) is 0. The highest BCUT2D eigenvalue weighted by molar-refractivity contribution is 6.02. The van der Waals surface area contributed by atoms with Crippen molar-refractivity contribution >= 4 is 18.0 Å². The van der Waals surface area contributed by atoms with Crippen molar-refractivity contribution in [2.45, 2.75) is 31.7 Å². The first kappa shape index (κ1) is 34.3. The van der Waals surface area contributed by atoms with Crippen molar-refractivity contribution in [1.29, 1.82) is 0 Å². The van der Waals surface area contributed by atoms with Gasteiger partial charge in [0.05, 0.1) is 29.5 Å². The molecule has 1 fully saturated rings. The van der Waals surface area contributed by atoms with Crippen LogP contribution in [0.5, 0.6) is 0 Å². The van der Waals surface area contributed by atoms with E-state index in [-0.39, 0.29) is 12.6 Å². The molecule has 3 heterocycles. The number of hydrogen-bond donors (Lipinski definition) is 0. The van der Waals surface area contributed by atoms with Crippen LogP contribution >= 0.6 is 0 Å². The standard InChI is InChI=1S/C40H36F3N5O2/c41-40(42,43)34-19-14-30(15-20-34)16-21-38(49)48(27-32-12-17-33(18-13-32)37-11-5-7-23-45-37)39(50)47-25-24-46(28-35-10-4-6-22-44-35)29-36(47)26-31-8-2-1-3-9-31/h1-23,36H,24-29H2/b21-16-/t36-/m0/s1. The summed E-state index contributed by atoms with van der Waals surface area (Å²) >= 11 is 0. The monoisotopic (exact) mass is 675 g/mol. The minimum atomic E-state index is -4.47. The largest absolute Gasteiger partial charge is 0.416 e. The van der Waals surface area contributed by atoms with Crippen molar-refractivity contribution in [1.82, 2.24) is 24.7 Å². The predicted molar refractivity (Wildman–Crippen MR) is 186 cm³/mol. The van der Waals surface area contributed by atoms with E-state index in [9.17, 15) is 22.8 Å². The summed E-state index contributed by atoms with van der Waals surface area (Å²) < 4.78 is 39.3. The second-order valence-corrected chi connectivity index (χ2v) is 12.2. The summed E-state index contributed by atoms with van der Waals surface area (Å²) in [5.74, 6) is -0.571. The van der Waals surface area contributed by atoms with Crippen molar-refractivity contribution in [3.05, 3.63) is 162 Å². The molecule has 254 valence electrons. The molecule has 6 rings (SSSR count).